The van der Waals surface area contributed by atoms with Crippen LogP contribution in [-0.4, -0.2) is 40.7 Å². The van der Waals surface area contributed by atoms with Gasteiger partial charge in [-0.05, 0) is 42.0 Å². The number of piperidine rings is 1. The number of carbonyl (C=O) groups excluding carboxylic acids is 2. The third kappa shape index (κ3) is 5.85. The van der Waals surface area contributed by atoms with Crippen LogP contribution in [0.4, 0.5) is 17.2 Å². The number of halogens is 1. The van der Waals surface area contributed by atoms with E-state index in [1.54, 1.807) is 6.07 Å². The molecule has 0 bridgehead atoms. The van der Waals surface area contributed by atoms with Crippen LogP contribution in [0.3, 0.4) is 0 Å². The van der Waals surface area contributed by atoms with Crippen LogP contribution in [0, 0.1) is 0 Å². The van der Waals surface area contributed by atoms with Crippen LogP contribution in [0.1, 0.15) is 40.2 Å². The van der Waals surface area contributed by atoms with Gasteiger partial charge in [0.25, 0.3) is 5.91 Å². The highest BCUT2D eigenvalue weighted by molar-refractivity contribution is 6.27. The van der Waals surface area contributed by atoms with Crippen molar-refractivity contribution in [2.75, 3.05) is 29.6 Å². The molecular formula is C26H28ClN5O2. The number of carbonyl (C=O) groups is 2. The van der Waals surface area contributed by atoms with Crippen molar-refractivity contribution in [2.45, 2.75) is 25.3 Å². The molecule has 7 nitrogen and oxygen atoms in total. The zero-order valence-electron chi connectivity index (χ0n) is 18.8. The van der Waals surface area contributed by atoms with Gasteiger partial charge < -0.3 is 21.3 Å². The average molecular weight is 478 g/mol. The summed E-state index contributed by atoms with van der Waals surface area (Å²) in [7, 11) is 0. The number of primary amides is 1. The van der Waals surface area contributed by atoms with Crippen molar-refractivity contribution in [1.29, 1.82) is 0 Å². The predicted molar refractivity (Wildman–Crippen MR) is 136 cm³/mol. The Morgan fingerprint density at radius 2 is 1.76 bits per heavy atom. The molecule has 1 aliphatic heterocycles. The van der Waals surface area contributed by atoms with Crippen LogP contribution in [-0.2, 0) is 11.3 Å². The molecule has 2 heterocycles. The van der Waals surface area contributed by atoms with E-state index in [1.165, 1.54) is 11.8 Å². The summed E-state index contributed by atoms with van der Waals surface area (Å²) in [5.41, 5.74) is 9.76. The van der Waals surface area contributed by atoms with Gasteiger partial charge in [0.15, 0.2) is 0 Å². The van der Waals surface area contributed by atoms with Gasteiger partial charge >= 0.3 is 0 Å². The summed E-state index contributed by atoms with van der Waals surface area (Å²) < 4.78 is 0. The number of rotatable bonds is 8. The summed E-state index contributed by atoms with van der Waals surface area (Å²) in [5.74, 6) is 0.560. The second-order valence-electron chi connectivity index (χ2n) is 8.35. The van der Waals surface area contributed by atoms with Crippen LogP contribution in [0.2, 0.25) is 0 Å². The van der Waals surface area contributed by atoms with Gasteiger partial charge in [-0.25, -0.2) is 4.98 Å². The molecule has 34 heavy (non-hydrogen) atoms. The van der Waals surface area contributed by atoms with E-state index in [2.05, 4.69) is 27.8 Å². The summed E-state index contributed by atoms with van der Waals surface area (Å²) in [6.45, 7) is 2.05. The van der Waals surface area contributed by atoms with E-state index < -0.39 is 5.91 Å². The molecule has 2 amide bonds. The second kappa shape index (κ2) is 11.0. The number of likely N-dealkylation sites (tertiary alicyclic amines) is 1. The summed E-state index contributed by atoms with van der Waals surface area (Å²) in [4.78, 5) is 29.8. The number of hydrogen-bond donors (Lipinski definition) is 3. The number of nitrogens with zero attached hydrogens (tertiary/aromatic N) is 2. The number of pyridine rings is 1. The van der Waals surface area contributed by atoms with Gasteiger partial charge in [0.2, 0.25) is 5.91 Å². The van der Waals surface area contributed by atoms with Gasteiger partial charge in [-0.1, -0.05) is 42.5 Å². The maximum Gasteiger partial charge on any atom is 0.252 e. The Kier molecular flexibility index (Phi) is 7.65. The van der Waals surface area contributed by atoms with Crippen molar-refractivity contribution in [3.8, 4) is 0 Å². The lowest BCUT2D eigenvalue weighted by Gasteiger charge is -2.32. The van der Waals surface area contributed by atoms with Crippen molar-refractivity contribution in [3.63, 3.8) is 0 Å². The van der Waals surface area contributed by atoms with Crippen LogP contribution in [0.5, 0.6) is 0 Å². The number of benzene rings is 2. The molecule has 0 spiro atoms. The van der Waals surface area contributed by atoms with Gasteiger partial charge in [0, 0.05) is 37.6 Å². The van der Waals surface area contributed by atoms with Crippen molar-refractivity contribution >= 4 is 40.6 Å². The normalized spacial score (nSPS) is 14.0. The fraction of sp³-hybridized carbons (Fsp3) is 0.269. The molecule has 3 aromatic rings. The molecule has 176 valence electrons. The minimum atomic E-state index is -0.530. The molecule has 4 N–H and O–H groups in total. The quantitative estimate of drug-likeness (QED) is 0.415. The van der Waals surface area contributed by atoms with Gasteiger partial charge in [-0.2, -0.15) is 0 Å². The molecule has 2 aromatic carbocycles. The Labute approximate surface area is 204 Å². The molecule has 8 heteroatoms. The number of anilines is 3. The molecule has 1 fully saturated rings. The number of hydrogen-bond acceptors (Lipinski definition) is 5. The highest BCUT2D eigenvalue weighted by Gasteiger charge is 2.23. The first-order valence-corrected chi connectivity index (χ1v) is 11.9. The number of alkyl halides is 1. The first-order valence-electron chi connectivity index (χ1n) is 11.3. The minimum Gasteiger partial charge on any atom is -0.380 e. The standard InChI is InChI=1S/C26H28ClN5O2/c27-15-25(33)32-12-10-20(11-13-32)19-6-8-21(9-7-19)31-24-14-23(22(17-30-24)26(28)34)29-16-18-4-2-1-3-5-18/h1-9,14,17,20H,10-13,15-16H2,(H2,28,34)(H2,29,30,31). The number of aromatic nitrogens is 1. The lowest BCUT2D eigenvalue weighted by molar-refractivity contribution is -0.129. The van der Waals surface area contributed by atoms with Gasteiger partial charge in [-0.3, -0.25) is 9.59 Å². The highest BCUT2D eigenvalue weighted by Crippen LogP contribution is 2.30. The molecule has 0 saturated carbocycles. The Bertz CT molecular complexity index is 1130. The van der Waals surface area contributed by atoms with E-state index in [4.69, 9.17) is 17.3 Å². The first kappa shape index (κ1) is 23.6. The van der Waals surface area contributed by atoms with E-state index in [1.807, 2.05) is 47.4 Å². The zero-order chi connectivity index (χ0) is 23.9. The summed E-state index contributed by atoms with van der Waals surface area (Å²) in [6.07, 6.45) is 3.35. The molecule has 1 aromatic heterocycles. The Hall–Kier alpha value is -3.58. The van der Waals surface area contributed by atoms with E-state index in [0.29, 0.717) is 29.5 Å². The van der Waals surface area contributed by atoms with Crippen molar-refractivity contribution in [3.05, 3.63) is 83.6 Å². The smallest absolute Gasteiger partial charge is 0.252 e. The maximum atomic E-state index is 11.9. The van der Waals surface area contributed by atoms with E-state index in [0.717, 1.165) is 37.2 Å². The minimum absolute atomic E-state index is 0.00662. The van der Waals surface area contributed by atoms with Crippen molar-refractivity contribution in [2.24, 2.45) is 5.73 Å². The molecule has 1 saturated heterocycles. The van der Waals surface area contributed by atoms with Crippen LogP contribution >= 0.6 is 11.6 Å². The monoisotopic (exact) mass is 477 g/mol. The Morgan fingerprint density at radius 1 is 1.06 bits per heavy atom. The highest BCUT2D eigenvalue weighted by atomic mass is 35.5. The fourth-order valence-corrected chi connectivity index (χ4v) is 4.36. The number of amides is 2. The molecule has 4 rings (SSSR count). The topological polar surface area (TPSA) is 100 Å². The van der Waals surface area contributed by atoms with Crippen LogP contribution < -0.4 is 16.4 Å². The maximum absolute atomic E-state index is 11.9. The molecular weight excluding hydrogens is 450 g/mol. The van der Waals surface area contributed by atoms with E-state index in [9.17, 15) is 9.59 Å². The summed E-state index contributed by atoms with van der Waals surface area (Å²) in [5, 5.41) is 6.59. The third-order valence-electron chi connectivity index (χ3n) is 6.11. The summed E-state index contributed by atoms with van der Waals surface area (Å²) >= 11 is 5.67. The van der Waals surface area contributed by atoms with Crippen LogP contribution in [0.15, 0.2) is 66.9 Å². The second-order valence-corrected chi connectivity index (χ2v) is 8.62. The zero-order valence-corrected chi connectivity index (χ0v) is 19.6. The predicted octanol–water partition coefficient (Wildman–Crippen LogP) is 4.48. The van der Waals surface area contributed by atoms with Crippen LogP contribution in [0.25, 0.3) is 0 Å². The largest absolute Gasteiger partial charge is 0.380 e. The Balaban J connectivity index is 1.41. The molecule has 0 radical (unpaired) electrons. The van der Waals surface area contributed by atoms with Crippen molar-refractivity contribution < 1.29 is 9.59 Å². The molecule has 0 aliphatic carbocycles. The number of nitrogens with one attached hydrogen (secondary N) is 2. The summed E-state index contributed by atoms with van der Waals surface area (Å²) in [6, 6.07) is 20.0. The van der Waals surface area contributed by atoms with E-state index in [-0.39, 0.29) is 11.8 Å². The van der Waals surface area contributed by atoms with E-state index >= 15 is 0 Å². The van der Waals surface area contributed by atoms with Gasteiger partial charge in [0.05, 0.1) is 11.3 Å². The third-order valence-corrected chi connectivity index (χ3v) is 6.34. The first-order chi connectivity index (χ1) is 16.5. The lowest BCUT2D eigenvalue weighted by atomic mass is 9.89. The molecule has 1 aliphatic rings. The van der Waals surface area contributed by atoms with Gasteiger partial charge in [-0.15, -0.1) is 11.6 Å². The SMILES string of the molecule is NC(=O)c1cnc(Nc2ccc(C3CCN(C(=O)CCl)CC3)cc2)cc1NCc1ccccc1. The fourth-order valence-electron chi connectivity index (χ4n) is 4.19. The average Bonchev–Trinajstić information content (AvgIpc) is 2.88. The molecule has 0 atom stereocenters. The lowest BCUT2D eigenvalue weighted by Crippen LogP contribution is -2.38. The van der Waals surface area contributed by atoms with Gasteiger partial charge in [0.1, 0.15) is 11.7 Å². The molecule has 0 unspecified atom stereocenters. The Morgan fingerprint density at radius 3 is 2.41 bits per heavy atom. The number of nitrogens with two attached hydrogens (primary N) is 1. The van der Waals surface area contributed by atoms with Crippen molar-refractivity contribution in [1.82, 2.24) is 9.88 Å².